The average Bonchev–Trinajstić information content (AvgIpc) is 2.82. The molecule has 1 fully saturated rings. The van der Waals surface area contributed by atoms with Gasteiger partial charge >= 0.3 is 0 Å². The van der Waals surface area contributed by atoms with Crippen LogP contribution in [0.5, 0.6) is 5.75 Å². The van der Waals surface area contributed by atoms with Crippen molar-refractivity contribution >= 4 is 0 Å². The van der Waals surface area contributed by atoms with Crippen LogP contribution in [0, 0.1) is 6.92 Å². The van der Waals surface area contributed by atoms with Gasteiger partial charge in [-0.05, 0) is 43.9 Å². The summed E-state index contributed by atoms with van der Waals surface area (Å²) < 4.78 is 11.5. The van der Waals surface area contributed by atoms with E-state index >= 15 is 0 Å². The van der Waals surface area contributed by atoms with Crippen molar-refractivity contribution < 1.29 is 9.47 Å². The Kier molecular flexibility index (Phi) is 4.40. The highest BCUT2D eigenvalue weighted by Crippen LogP contribution is 2.25. The molecule has 94 valence electrons. The molecule has 1 atom stereocenters. The summed E-state index contributed by atoms with van der Waals surface area (Å²) >= 11 is 0. The van der Waals surface area contributed by atoms with E-state index in [1.807, 2.05) is 0 Å². The van der Waals surface area contributed by atoms with Crippen LogP contribution in [-0.4, -0.2) is 25.9 Å². The lowest BCUT2D eigenvalue weighted by atomic mass is 10.1. The van der Waals surface area contributed by atoms with E-state index in [0.717, 1.165) is 31.6 Å². The molecule has 17 heavy (non-hydrogen) atoms. The van der Waals surface area contributed by atoms with E-state index in [1.54, 1.807) is 0 Å². The minimum Gasteiger partial charge on any atom is -0.490 e. The average molecular weight is 235 g/mol. The molecule has 0 aliphatic carbocycles. The molecule has 1 aliphatic rings. The monoisotopic (exact) mass is 235 g/mol. The molecule has 3 heteroatoms. The predicted molar refractivity (Wildman–Crippen MR) is 68.4 cm³/mol. The van der Waals surface area contributed by atoms with Gasteiger partial charge in [-0.2, -0.15) is 0 Å². The first-order valence-electron chi connectivity index (χ1n) is 6.34. The maximum absolute atomic E-state index is 5.92. The maximum atomic E-state index is 5.92. The zero-order valence-corrected chi connectivity index (χ0v) is 10.4. The van der Waals surface area contributed by atoms with Gasteiger partial charge in [-0.25, -0.2) is 0 Å². The van der Waals surface area contributed by atoms with Gasteiger partial charge in [0.25, 0.3) is 0 Å². The fourth-order valence-electron chi connectivity index (χ4n) is 2.22. The summed E-state index contributed by atoms with van der Waals surface area (Å²) in [5, 5.41) is 0. The molecule has 2 N–H and O–H groups in total. The van der Waals surface area contributed by atoms with Crippen LogP contribution in [0.3, 0.4) is 0 Å². The van der Waals surface area contributed by atoms with Crippen LogP contribution in [0.2, 0.25) is 0 Å². The van der Waals surface area contributed by atoms with Crippen LogP contribution in [0.1, 0.15) is 24.0 Å². The van der Waals surface area contributed by atoms with Crippen molar-refractivity contribution in [3.63, 3.8) is 0 Å². The number of ether oxygens (including phenoxy) is 2. The molecule has 0 radical (unpaired) electrons. The Morgan fingerprint density at radius 1 is 1.47 bits per heavy atom. The van der Waals surface area contributed by atoms with Crippen LogP contribution in [0.4, 0.5) is 0 Å². The SMILES string of the molecule is Cc1cccc(CCN)c1OCC1CCCO1. The van der Waals surface area contributed by atoms with Crippen LogP contribution in [0.25, 0.3) is 0 Å². The fraction of sp³-hybridized carbons (Fsp3) is 0.571. The molecule has 1 heterocycles. The Bertz CT molecular complexity index is 359. The highest BCUT2D eigenvalue weighted by atomic mass is 16.5. The summed E-state index contributed by atoms with van der Waals surface area (Å²) in [5.41, 5.74) is 7.99. The molecule has 1 unspecified atom stereocenters. The molecule has 0 spiro atoms. The molecular formula is C14H21NO2. The molecule has 0 bridgehead atoms. The summed E-state index contributed by atoms with van der Waals surface area (Å²) in [4.78, 5) is 0. The Hall–Kier alpha value is -1.06. The first-order valence-corrected chi connectivity index (χ1v) is 6.34. The third kappa shape index (κ3) is 3.20. The van der Waals surface area contributed by atoms with Gasteiger partial charge in [-0.3, -0.25) is 0 Å². The highest BCUT2D eigenvalue weighted by molar-refractivity contribution is 5.41. The summed E-state index contributed by atoms with van der Waals surface area (Å²) in [7, 11) is 0. The number of para-hydroxylation sites is 1. The number of nitrogens with two attached hydrogens (primary N) is 1. The lowest BCUT2D eigenvalue weighted by Gasteiger charge is -2.16. The maximum Gasteiger partial charge on any atom is 0.125 e. The van der Waals surface area contributed by atoms with Gasteiger partial charge in [0.15, 0.2) is 0 Å². The van der Waals surface area contributed by atoms with Crippen molar-refractivity contribution in [2.75, 3.05) is 19.8 Å². The molecule has 1 saturated heterocycles. The topological polar surface area (TPSA) is 44.5 Å². The molecule has 1 aliphatic heterocycles. The Balaban J connectivity index is 2.02. The van der Waals surface area contributed by atoms with Gasteiger partial charge in [-0.1, -0.05) is 18.2 Å². The van der Waals surface area contributed by atoms with Crippen molar-refractivity contribution in [2.45, 2.75) is 32.3 Å². The van der Waals surface area contributed by atoms with Gasteiger partial charge in [0.05, 0.1) is 6.10 Å². The van der Waals surface area contributed by atoms with E-state index in [2.05, 4.69) is 25.1 Å². The first kappa shape index (κ1) is 12.4. The van der Waals surface area contributed by atoms with Crippen LogP contribution in [0.15, 0.2) is 18.2 Å². The second kappa shape index (κ2) is 6.03. The molecule has 1 aromatic rings. The van der Waals surface area contributed by atoms with E-state index in [0.29, 0.717) is 13.2 Å². The zero-order valence-electron chi connectivity index (χ0n) is 10.4. The van der Waals surface area contributed by atoms with Gasteiger partial charge in [0.2, 0.25) is 0 Å². The van der Waals surface area contributed by atoms with Gasteiger partial charge in [-0.15, -0.1) is 0 Å². The molecular weight excluding hydrogens is 214 g/mol. The van der Waals surface area contributed by atoms with E-state index in [4.69, 9.17) is 15.2 Å². The van der Waals surface area contributed by atoms with Crippen molar-refractivity contribution in [3.8, 4) is 5.75 Å². The minimum absolute atomic E-state index is 0.264. The fourth-order valence-corrected chi connectivity index (χ4v) is 2.22. The largest absolute Gasteiger partial charge is 0.490 e. The number of benzene rings is 1. The number of aryl methyl sites for hydroxylation is 1. The Morgan fingerprint density at radius 2 is 2.35 bits per heavy atom. The first-order chi connectivity index (χ1) is 8.31. The van der Waals surface area contributed by atoms with Gasteiger partial charge < -0.3 is 15.2 Å². The number of hydrogen-bond donors (Lipinski definition) is 1. The summed E-state index contributed by atoms with van der Waals surface area (Å²) in [5.74, 6) is 0.994. The molecule has 0 saturated carbocycles. The van der Waals surface area contributed by atoms with Crippen molar-refractivity contribution in [1.29, 1.82) is 0 Å². The Morgan fingerprint density at radius 3 is 3.06 bits per heavy atom. The lowest BCUT2D eigenvalue weighted by molar-refractivity contribution is 0.0674. The molecule has 0 aromatic heterocycles. The lowest BCUT2D eigenvalue weighted by Crippen LogP contribution is -2.17. The van der Waals surface area contributed by atoms with Gasteiger partial charge in [0, 0.05) is 6.61 Å². The predicted octanol–water partition coefficient (Wildman–Crippen LogP) is 2.05. The summed E-state index contributed by atoms with van der Waals surface area (Å²) in [6.07, 6.45) is 3.39. The molecule has 1 aromatic carbocycles. The summed E-state index contributed by atoms with van der Waals surface area (Å²) in [6.45, 7) is 4.25. The Labute approximate surface area is 103 Å². The van der Waals surface area contributed by atoms with Gasteiger partial charge in [0.1, 0.15) is 12.4 Å². The third-order valence-electron chi connectivity index (χ3n) is 3.14. The molecule has 0 amide bonds. The molecule has 2 rings (SSSR count). The quantitative estimate of drug-likeness (QED) is 0.849. The highest BCUT2D eigenvalue weighted by Gasteiger charge is 2.17. The van der Waals surface area contributed by atoms with Crippen molar-refractivity contribution in [1.82, 2.24) is 0 Å². The molecule has 3 nitrogen and oxygen atoms in total. The van der Waals surface area contributed by atoms with Crippen LogP contribution >= 0.6 is 0 Å². The van der Waals surface area contributed by atoms with E-state index < -0.39 is 0 Å². The van der Waals surface area contributed by atoms with Crippen molar-refractivity contribution in [3.05, 3.63) is 29.3 Å². The van der Waals surface area contributed by atoms with E-state index in [9.17, 15) is 0 Å². The van der Waals surface area contributed by atoms with Crippen LogP contribution < -0.4 is 10.5 Å². The van der Waals surface area contributed by atoms with Crippen molar-refractivity contribution in [2.24, 2.45) is 5.73 Å². The second-order valence-corrected chi connectivity index (χ2v) is 4.55. The normalized spacial score (nSPS) is 19.5. The summed E-state index contributed by atoms with van der Waals surface area (Å²) in [6, 6.07) is 6.22. The van der Waals surface area contributed by atoms with E-state index in [1.165, 1.54) is 11.1 Å². The minimum atomic E-state index is 0.264. The van der Waals surface area contributed by atoms with E-state index in [-0.39, 0.29) is 6.10 Å². The number of hydrogen-bond acceptors (Lipinski definition) is 3. The zero-order chi connectivity index (χ0) is 12.1. The smallest absolute Gasteiger partial charge is 0.125 e. The second-order valence-electron chi connectivity index (χ2n) is 4.55. The van der Waals surface area contributed by atoms with Crippen LogP contribution in [-0.2, 0) is 11.2 Å². The standard InChI is InChI=1S/C14H21NO2/c1-11-4-2-5-12(7-8-15)14(11)17-10-13-6-3-9-16-13/h2,4-5,13H,3,6-10,15H2,1H3. The number of rotatable bonds is 5. The third-order valence-corrected chi connectivity index (χ3v) is 3.14.